The van der Waals surface area contributed by atoms with Crippen LogP contribution in [0.25, 0.3) is 11.8 Å². The second-order valence-electron chi connectivity index (χ2n) is 7.23. The number of para-hydroxylation sites is 1. The van der Waals surface area contributed by atoms with Crippen LogP contribution in [-0.2, 0) is 4.79 Å². The lowest BCUT2D eigenvalue weighted by atomic mass is 10.1. The normalized spacial score (nSPS) is 15.6. The summed E-state index contributed by atoms with van der Waals surface area (Å²) in [6.45, 7) is 8.33. The molecule has 2 heterocycles. The lowest BCUT2D eigenvalue weighted by Crippen LogP contribution is -2.27. The van der Waals surface area contributed by atoms with E-state index in [1.54, 1.807) is 12.1 Å². The van der Waals surface area contributed by atoms with Gasteiger partial charge in [0.05, 0.1) is 10.6 Å². The zero-order chi connectivity index (χ0) is 20.7. The maximum absolute atomic E-state index is 12.9. The van der Waals surface area contributed by atoms with Gasteiger partial charge in [-0.05, 0) is 86.5 Å². The third-order valence-electron chi connectivity index (χ3n) is 5.38. The van der Waals surface area contributed by atoms with Crippen LogP contribution in [0.15, 0.2) is 59.5 Å². The van der Waals surface area contributed by atoms with Crippen molar-refractivity contribution in [3.05, 3.63) is 87.6 Å². The van der Waals surface area contributed by atoms with E-state index in [0.29, 0.717) is 10.6 Å². The number of anilines is 1. The molecule has 146 valence electrons. The molecule has 1 aliphatic rings. The minimum Gasteiger partial charge on any atom is -0.318 e. The smallest absolute Gasteiger partial charge is 0.298 e. The number of aromatic nitrogens is 1. The van der Waals surface area contributed by atoms with Crippen molar-refractivity contribution in [2.45, 2.75) is 27.7 Å². The molecule has 3 aromatic rings. The Bertz CT molecular complexity index is 1160. The number of thioether (sulfide) groups is 1. The van der Waals surface area contributed by atoms with E-state index in [4.69, 9.17) is 0 Å². The first kappa shape index (κ1) is 19.3. The SMILES string of the molecule is Cc1cccc(-n2c(C)cc(/C=C3\SC(=O)N(c4ccccc4)C3=O)c2C)c1C. The molecule has 1 aliphatic heterocycles. The second kappa shape index (κ2) is 7.41. The zero-order valence-electron chi connectivity index (χ0n) is 16.9. The molecule has 4 nitrogen and oxygen atoms in total. The number of carbonyl (C=O) groups is 2. The van der Waals surface area contributed by atoms with E-state index in [-0.39, 0.29) is 11.1 Å². The number of amides is 2. The molecule has 0 spiro atoms. The summed E-state index contributed by atoms with van der Waals surface area (Å²) in [4.78, 5) is 27.1. The molecule has 4 rings (SSSR count). The van der Waals surface area contributed by atoms with Crippen LogP contribution in [0.1, 0.15) is 28.1 Å². The van der Waals surface area contributed by atoms with E-state index < -0.39 is 0 Å². The van der Waals surface area contributed by atoms with Gasteiger partial charge in [-0.25, -0.2) is 4.90 Å². The lowest BCUT2D eigenvalue weighted by molar-refractivity contribution is -0.113. The highest BCUT2D eigenvalue weighted by Crippen LogP contribution is 2.36. The van der Waals surface area contributed by atoms with Crippen LogP contribution >= 0.6 is 11.8 Å². The third kappa shape index (κ3) is 3.32. The van der Waals surface area contributed by atoms with Crippen LogP contribution in [-0.4, -0.2) is 15.7 Å². The quantitative estimate of drug-likeness (QED) is 0.508. The molecule has 0 atom stereocenters. The van der Waals surface area contributed by atoms with Crippen LogP contribution in [0.5, 0.6) is 0 Å². The fraction of sp³-hybridized carbons (Fsp3) is 0.167. The number of hydrogen-bond donors (Lipinski definition) is 0. The third-order valence-corrected chi connectivity index (χ3v) is 6.25. The summed E-state index contributed by atoms with van der Waals surface area (Å²) in [6, 6.07) is 17.4. The predicted octanol–water partition coefficient (Wildman–Crippen LogP) is 5.95. The van der Waals surface area contributed by atoms with Crippen molar-refractivity contribution < 1.29 is 9.59 Å². The predicted molar refractivity (Wildman–Crippen MR) is 120 cm³/mol. The van der Waals surface area contributed by atoms with Gasteiger partial charge >= 0.3 is 0 Å². The lowest BCUT2D eigenvalue weighted by Gasteiger charge is -2.14. The molecular formula is C24H22N2O2S. The molecule has 1 saturated heterocycles. The van der Waals surface area contributed by atoms with Crippen LogP contribution in [0, 0.1) is 27.7 Å². The van der Waals surface area contributed by atoms with Gasteiger partial charge in [-0.15, -0.1) is 0 Å². The average Bonchev–Trinajstić information content (AvgIpc) is 3.13. The Morgan fingerprint density at radius 2 is 1.62 bits per heavy atom. The van der Waals surface area contributed by atoms with Gasteiger partial charge in [0.1, 0.15) is 0 Å². The van der Waals surface area contributed by atoms with Gasteiger partial charge in [-0.2, -0.15) is 0 Å². The molecule has 0 saturated carbocycles. The van der Waals surface area contributed by atoms with Crippen molar-refractivity contribution in [2.75, 3.05) is 4.90 Å². The van der Waals surface area contributed by atoms with E-state index in [0.717, 1.165) is 34.4 Å². The van der Waals surface area contributed by atoms with Gasteiger partial charge in [-0.1, -0.05) is 30.3 Å². The van der Waals surface area contributed by atoms with E-state index in [2.05, 4.69) is 49.6 Å². The number of imide groups is 1. The van der Waals surface area contributed by atoms with Gasteiger partial charge < -0.3 is 4.57 Å². The summed E-state index contributed by atoms with van der Waals surface area (Å²) in [5.74, 6) is -0.275. The zero-order valence-corrected chi connectivity index (χ0v) is 17.7. The molecular weight excluding hydrogens is 380 g/mol. The molecule has 5 heteroatoms. The Morgan fingerprint density at radius 1 is 0.897 bits per heavy atom. The molecule has 1 fully saturated rings. The Balaban J connectivity index is 1.74. The minimum atomic E-state index is -0.275. The van der Waals surface area contributed by atoms with Crippen molar-refractivity contribution in [1.29, 1.82) is 0 Å². The summed E-state index contributed by atoms with van der Waals surface area (Å²) in [7, 11) is 0. The number of aryl methyl sites for hydroxylation is 2. The van der Waals surface area contributed by atoms with Gasteiger partial charge in [-0.3, -0.25) is 9.59 Å². The van der Waals surface area contributed by atoms with E-state index >= 15 is 0 Å². The van der Waals surface area contributed by atoms with Gasteiger partial charge in [0, 0.05) is 17.1 Å². The standard InChI is InChI=1S/C24H22N2O2S/c1-15-9-8-12-21(17(15)3)25-16(2)13-19(18(25)4)14-22-23(27)26(24(28)29-22)20-10-6-5-7-11-20/h5-14H,1-4H3/b22-14-. The summed E-state index contributed by atoms with van der Waals surface area (Å²) >= 11 is 0.986. The van der Waals surface area contributed by atoms with Gasteiger partial charge in [0.15, 0.2) is 0 Å². The van der Waals surface area contributed by atoms with E-state index in [1.807, 2.05) is 31.2 Å². The van der Waals surface area contributed by atoms with Crippen LogP contribution in [0.3, 0.4) is 0 Å². The molecule has 0 unspecified atom stereocenters. The van der Waals surface area contributed by atoms with Crippen molar-refractivity contribution in [1.82, 2.24) is 4.57 Å². The number of benzene rings is 2. The first-order chi connectivity index (χ1) is 13.9. The summed E-state index contributed by atoms with van der Waals surface area (Å²) < 4.78 is 2.20. The molecule has 1 aromatic heterocycles. The summed E-state index contributed by atoms with van der Waals surface area (Å²) in [5, 5.41) is -0.268. The van der Waals surface area contributed by atoms with Crippen LogP contribution in [0.4, 0.5) is 10.5 Å². The van der Waals surface area contributed by atoms with Crippen molar-refractivity contribution in [3.63, 3.8) is 0 Å². The average molecular weight is 403 g/mol. The fourth-order valence-corrected chi connectivity index (χ4v) is 4.52. The van der Waals surface area contributed by atoms with Crippen LogP contribution in [0.2, 0.25) is 0 Å². The second-order valence-corrected chi connectivity index (χ2v) is 8.23. The highest BCUT2D eigenvalue weighted by atomic mass is 32.2. The fourth-order valence-electron chi connectivity index (χ4n) is 3.69. The maximum Gasteiger partial charge on any atom is 0.298 e. The molecule has 0 bridgehead atoms. The molecule has 0 aliphatic carbocycles. The Labute approximate surface area is 174 Å². The van der Waals surface area contributed by atoms with E-state index in [1.165, 1.54) is 16.0 Å². The summed E-state index contributed by atoms with van der Waals surface area (Å²) in [5.41, 5.74) is 7.27. The summed E-state index contributed by atoms with van der Waals surface area (Å²) in [6.07, 6.45) is 1.83. The molecule has 29 heavy (non-hydrogen) atoms. The largest absolute Gasteiger partial charge is 0.318 e. The molecule has 2 aromatic carbocycles. The van der Waals surface area contributed by atoms with E-state index in [9.17, 15) is 9.59 Å². The van der Waals surface area contributed by atoms with Crippen LogP contribution < -0.4 is 4.90 Å². The Hall–Kier alpha value is -3.05. The Kier molecular flexibility index (Phi) is 4.92. The molecule has 2 amide bonds. The highest BCUT2D eigenvalue weighted by molar-refractivity contribution is 8.19. The number of hydrogen-bond acceptors (Lipinski definition) is 3. The number of carbonyl (C=O) groups excluding carboxylic acids is 2. The van der Waals surface area contributed by atoms with Gasteiger partial charge in [0.25, 0.3) is 11.1 Å². The molecule has 0 radical (unpaired) electrons. The topological polar surface area (TPSA) is 42.3 Å². The first-order valence-corrected chi connectivity index (χ1v) is 10.3. The first-order valence-electron chi connectivity index (χ1n) is 9.47. The monoisotopic (exact) mass is 402 g/mol. The van der Waals surface area contributed by atoms with Crippen molar-refractivity contribution in [2.24, 2.45) is 0 Å². The number of nitrogens with zero attached hydrogens (tertiary/aromatic N) is 2. The molecule has 0 N–H and O–H groups in total. The maximum atomic E-state index is 12.9. The van der Waals surface area contributed by atoms with Crippen molar-refractivity contribution >= 4 is 34.7 Å². The minimum absolute atomic E-state index is 0.268. The highest BCUT2D eigenvalue weighted by Gasteiger charge is 2.36. The van der Waals surface area contributed by atoms with Gasteiger partial charge in [0.2, 0.25) is 0 Å². The Morgan fingerprint density at radius 3 is 2.34 bits per heavy atom. The van der Waals surface area contributed by atoms with Crippen molar-refractivity contribution in [3.8, 4) is 5.69 Å². The number of rotatable bonds is 3.